The minimum atomic E-state index is -0.317. The van der Waals surface area contributed by atoms with Gasteiger partial charge >= 0.3 is 5.97 Å². The molecule has 0 spiro atoms. The monoisotopic (exact) mass is 327 g/mol. The second kappa shape index (κ2) is 6.35. The fraction of sp³-hybridized carbons (Fsp3) is 0.211. The summed E-state index contributed by atoms with van der Waals surface area (Å²) in [5, 5.41) is 10.7. The first-order valence-corrected chi connectivity index (χ1v) is 7.75. The first-order chi connectivity index (χ1) is 11.5. The third-order valence-electron chi connectivity index (χ3n) is 4.03. The number of hydrogen-bond acceptors (Lipinski definition) is 3. The fourth-order valence-electron chi connectivity index (χ4n) is 2.97. The maximum Gasteiger partial charge on any atom is 0.310 e. The van der Waals surface area contributed by atoms with E-state index in [-0.39, 0.29) is 24.0 Å². The normalized spacial score (nSPS) is 11.0. The van der Waals surface area contributed by atoms with Crippen molar-refractivity contribution in [3.05, 3.63) is 59.5 Å². The summed E-state index contributed by atoms with van der Waals surface area (Å²) in [5.41, 5.74) is 3.22. The van der Waals surface area contributed by atoms with Gasteiger partial charge in [-0.15, -0.1) is 0 Å². The van der Waals surface area contributed by atoms with Gasteiger partial charge in [0, 0.05) is 22.8 Å². The maximum absolute atomic E-state index is 13.2. The van der Waals surface area contributed by atoms with Crippen LogP contribution in [-0.4, -0.2) is 22.2 Å². The highest BCUT2D eigenvalue weighted by molar-refractivity contribution is 5.91. The first-order valence-electron chi connectivity index (χ1n) is 7.75. The minimum absolute atomic E-state index is 0.131. The van der Waals surface area contributed by atoms with Crippen LogP contribution in [0.25, 0.3) is 16.6 Å². The molecule has 5 heteroatoms. The zero-order valence-electron chi connectivity index (χ0n) is 13.5. The van der Waals surface area contributed by atoms with Crippen molar-refractivity contribution in [2.24, 2.45) is 0 Å². The lowest BCUT2D eigenvalue weighted by molar-refractivity contribution is -0.142. The number of carbonyl (C=O) groups is 1. The molecule has 0 saturated heterocycles. The summed E-state index contributed by atoms with van der Waals surface area (Å²) in [6, 6.07) is 11.1. The van der Waals surface area contributed by atoms with E-state index in [1.165, 1.54) is 12.1 Å². The van der Waals surface area contributed by atoms with Crippen molar-refractivity contribution in [3.8, 4) is 11.4 Å². The number of carbonyl (C=O) groups excluding carboxylic acids is 1. The number of rotatable bonds is 4. The molecular weight excluding hydrogens is 309 g/mol. The van der Waals surface area contributed by atoms with Gasteiger partial charge < -0.3 is 14.4 Å². The van der Waals surface area contributed by atoms with Gasteiger partial charge in [-0.2, -0.15) is 0 Å². The number of nitrogens with zero attached hydrogens (tertiary/aromatic N) is 1. The highest BCUT2D eigenvalue weighted by Gasteiger charge is 2.18. The molecule has 0 aliphatic rings. The molecule has 1 aromatic heterocycles. The highest BCUT2D eigenvalue weighted by Crippen LogP contribution is 2.32. The van der Waals surface area contributed by atoms with Gasteiger partial charge in [0.1, 0.15) is 11.6 Å². The lowest BCUT2D eigenvalue weighted by Crippen LogP contribution is -2.08. The Hall–Kier alpha value is -2.82. The number of aromatic hydroxyl groups is 1. The average Bonchev–Trinajstić information content (AvgIpc) is 2.80. The molecule has 0 radical (unpaired) electrons. The van der Waals surface area contributed by atoms with E-state index in [0.717, 1.165) is 27.8 Å². The summed E-state index contributed by atoms with van der Waals surface area (Å²) in [4.78, 5) is 11.9. The van der Waals surface area contributed by atoms with E-state index in [4.69, 9.17) is 4.74 Å². The van der Waals surface area contributed by atoms with E-state index in [1.54, 1.807) is 37.3 Å². The lowest BCUT2D eigenvalue weighted by atomic mass is 10.1. The topological polar surface area (TPSA) is 51.5 Å². The molecule has 0 aliphatic heterocycles. The van der Waals surface area contributed by atoms with Crippen LogP contribution in [0.3, 0.4) is 0 Å². The fourth-order valence-corrected chi connectivity index (χ4v) is 2.97. The number of phenols is 1. The van der Waals surface area contributed by atoms with Gasteiger partial charge in [0.2, 0.25) is 0 Å². The number of ether oxygens (including phenoxy) is 1. The van der Waals surface area contributed by atoms with Crippen LogP contribution in [-0.2, 0) is 16.0 Å². The van der Waals surface area contributed by atoms with Gasteiger partial charge in [0.25, 0.3) is 0 Å². The van der Waals surface area contributed by atoms with Crippen LogP contribution in [0.1, 0.15) is 18.2 Å². The number of hydrogen-bond donors (Lipinski definition) is 1. The third-order valence-corrected chi connectivity index (χ3v) is 4.03. The van der Waals surface area contributed by atoms with Gasteiger partial charge in [0.15, 0.2) is 0 Å². The van der Waals surface area contributed by atoms with Crippen LogP contribution >= 0.6 is 0 Å². The van der Waals surface area contributed by atoms with Crippen molar-refractivity contribution < 1.29 is 19.0 Å². The number of esters is 1. The van der Waals surface area contributed by atoms with Crippen molar-refractivity contribution in [2.75, 3.05) is 6.61 Å². The van der Waals surface area contributed by atoms with E-state index in [0.29, 0.717) is 6.61 Å². The van der Waals surface area contributed by atoms with E-state index in [1.807, 2.05) is 11.5 Å². The van der Waals surface area contributed by atoms with Crippen LogP contribution in [0.2, 0.25) is 0 Å². The Morgan fingerprint density at radius 1 is 1.21 bits per heavy atom. The standard InChI is InChI=1S/C19H18FNO3/c1-3-24-19(23)11-17-12(2)21(14-6-4-13(20)5-7-14)18-10-15(22)8-9-16(17)18/h4-10,22H,3,11H2,1-2H3. The Bertz CT molecular complexity index is 897. The summed E-state index contributed by atoms with van der Waals surface area (Å²) in [6.45, 7) is 3.99. The maximum atomic E-state index is 13.2. The number of aromatic nitrogens is 1. The summed E-state index contributed by atoms with van der Waals surface area (Å²) >= 11 is 0. The molecule has 124 valence electrons. The molecule has 0 atom stereocenters. The number of halogens is 1. The lowest BCUT2D eigenvalue weighted by Gasteiger charge is -2.09. The Kier molecular flexibility index (Phi) is 4.25. The molecule has 0 amide bonds. The van der Waals surface area contributed by atoms with Gasteiger partial charge in [-0.05, 0) is 55.8 Å². The molecule has 3 rings (SSSR count). The number of phenolic OH excluding ortho intramolecular Hbond substituents is 1. The Balaban J connectivity index is 2.21. The quantitative estimate of drug-likeness (QED) is 0.740. The van der Waals surface area contributed by atoms with Gasteiger partial charge in [-0.1, -0.05) is 0 Å². The van der Waals surface area contributed by atoms with Crippen LogP contribution in [0.4, 0.5) is 4.39 Å². The first kappa shape index (κ1) is 16.1. The molecule has 24 heavy (non-hydrogen) atoms. The van der Waals surface area contributed by atoms with E-state index in [2.05, 4.69) is 0 Å². The van der Waals surface area contributed by atoms with Crippen molar-refractivity contribution in [1.82, 2.24) is 4.57 Å². The Morgan fingerprint density at radius 3 is 2.58 bits per heavy atom. The summed E-state index contributed by atoms with van der Waals surface area (Å²) < 4.78 is 20.2. The van der Waals surface area contributed by atoms with E-state index in [9.17, 15) is 14.3 Å². The van der Waals surface area contributed by atoms with Crippen molar-refractivity contribution in [3.63, 3.8) is 0 Å². The molecule has 0 aliphatic carbocycles. The van der Waals surface area contributed by atoms with Gasteiger partial charge in [0.05, 0.1) is 18.5 Å². The highest BCUT2D eigenvalue weighted by atomic mass is 19.1. The Labute approximate surface area is 139 Å². The van der Waals surface area contributed by atoms with Crippen molar-refractivity contribution in [2.45, 2.75) is 20.3 Å². The van der Waals surface area contributed by atoms with Crippen molar-refractivity contribution >= 4 is 16.9 Å². The van der Waals surface area contributed by atoms with Crippen LogP contribution < -0.4 is 0 Å². The average molecular weight is 327 g/mol. The zero-order valence-corrected chi connectivity index (χ0v) is 13.5. The van der Waals surface area contributed by atoms with Gasteiger partial charge in [-0.3, -0.25) is 4.79 Å². The van der Waals surface area contributed by atoms with Gasteiger partial charge in [-0.25, -0.2) is 4.39 Å². The molecule has 3 aromatic rings. The smallest absolute Gasteiger partial charge is 0.310 e. The SMILES string of the molecule is CCOC(=O)Cc1c(C)n(-c2ccc(F)cc2)c2cc(O)ccc12. The van der Waals surface area contributed by atoms with Crippen LogP contribution in [0, 0.1) is 12.7 Å². The molecular formula is C19H18FNO3. The third kappa shape index (κ3) is 2.85. The van der Waals surface area contributed by atoms with E-state index >= 15 is 0 Å². The van der Waals surface area contributed by atoms with Crippen molar-refractivity contribution in [1.29, 1.82) is 0 Å². The minimum Gasteiger partial charge on any atom is -0.508 e. The summed E-state index contributed by atoms with van der Waals surface area (Å²) in [7, 11) is 0. The van der Waals surface area contributed by atoms with E-state index < -0.39 is 0 Å². The molecule has 0 fully saturated rings. The molecule has 2 aromatic carbocycles. The predicted molar refractivity (Wildman–Crippen MR) is 90.0 cm³/mol. The molecule has 4 nitrogen and oxygen atoms in total. The van der Waals surface area contributed by atoms with Crippen LogP contribution in [0.15, 0.2) is 42.5 Å². The molecule has 1 N–H and O–H groups in total. The zero-order chi connectivity index (χ0) is 17.3. The summed E-state index contributed by atoms with van der Waals surface area (Å²) in [6.07, 6.45) is 0.148. The molecule has 0 unspecified atom stereocenters. The molecule has 0 saturated carbocycles. The number of fused-ring (bicyclic) bond motifs is 1. The molecule has 1 heterocycles. The Morgan fingerprint density at radius 2 is 1.92 bits per heavy atom. The molecule has 0 bridgehead atoms. The van der Waals surface area contributed by atoms with Crippen LogP contribution in [0.5, 0.6) is 5.75 Å². The second-order valence-electron chi connectivity index (χ2n) is 5.56. The predicted octanol–water partition coefficient (Wildman–Crippen LogP) is 3.89. The second-order valence-corrected chi connectivity index (χ2v) is 5.56. The largest absolute Gasteiger partial charge is 0.508 e. The summed E-state index contributed by atoms with van der Waals surface area (Å²) in [5.74, 6) is -0.486. The number of benzene rings is 2.